The number of unbranched alkanes of at least 4 members (excludes halogenated alkanes) is 1. The van der Waals surface area contributed by atoms with Crippen molar-refractivity contribution < 1.29 is 63.3 Å². The molecule has 0 aromatic heterocycles. The minimum Gasteiger partial charge on any atom is -0.481 e. The van der Waals surface area contributed by atoms with Crippen LogP contribution < -0.4 is 43.4 Å². The van der Waals surface area contributed by atoms with Gasteiger partial charge in [-0.3, -0.25) is 47.9 Å². The molecular formula is C43H66N10O13. The molecule has 0 radical (unpaired) electrons. The van der Waals surface area contributed by atoms with Gasteiger partial charge in [-0.05, 0) is 69.9 Å². The van der Waals surface area contributed by atoms with E-state index >= 15 is 0 Å². The van der Waals surface area contributed by atoms with E-state index in [1.54, 1.807) is 44.2 Å². The summed E-state index contributed by atoms with van der Waals surface area (Å²) >= 11 is 0. The van der Waals surface area contributed by atoms with E-state index in [4.69, 9.17) is 16.6 Å². The van der Waals surface area contributed by atoms with Crippen LogP contribution in [0.5, 0.6) is 0 Å². The molecular weight excluding hydrogens is 865 g/mol. The molecule has 2 fully saturated rings. The van der Waals surface area contributed by atoms with Crippen molar-refractivity contribution in [1.29, 1.82) is 0 Å². The smallest absolute Gasteiger partial charge is 0.322 e. The van der Waals surface area contributed by atoms with E-state index in [1.165, 1.54) is 16.7 Å². The van der Waals surface area contributed by atoms with Crippen molar-refractivity contribution in [1.82, 2.24) is 41.7 Å². The van der Waals surface area contributed by atoms with Crippen molar-refractivity contribution in [3.8, 4) is 0 Å². The highest BCUT2D eigenvalue weighted by molar-refractivity contribution is 5.98. The number of benzene rings is 1. The molecule has 1 aromatic carbocycles. The molecule has 8 amide bonds. The molecule has 9 atom stereocenters. The van der Waals surface area contributed by atoms with Crippen molar-refractivity contribution >= 4 is 59.2 Å². The maximum atomic E-state index is 14.1. The zero-order valence-electron chi connectivity index (χ0n) is 37.7. The molecule has 2 heterocycles. The summed E-state index contributed by atoms with van der Waals surface area (Å²) in [5, 5.41) is 43.2. The van der Waals surface area contributed by atoms with Gasteiger partial charge in [0, 0.05) is 19.5 Å². The molecule has 66 heavy (non-hydrogen) atoms. The maximum absolute atomic E-state index is 14.1. The Balaban J connectivity index is 1.80. The Kier molecular flexibility index (Phi) is 21.9. The Morgan fingerprint density at radius 1 is 0.727 bits per heavy atom. The standard InChI is InChI=1S/C43H66N10O13/c1-4-24(2)36(51-40(63)30-15-10-18-52(30)42(65)31-16-11-19-53(31)43(66)35(45)25(3)54)41(64)48-27(14-8-9-17-44)38(61)50-29(21-33(56)57)39(62)49-28(20-26-12-6-5-7-13-26)37(60)47-22-32(55)46-23-34(58)59/h5-7,12-13,24-25,27-31,35-36,54H,4,8-11,14-23,44-45H2,1-3H3,(H,46,55)(H,47,60)(H,48,64)(H,49,62)(H,50,61)(H,51,63)(H,56,57)(H,58,59)/t24-,25+,27-,28-,29-,30-,31-,35-,36-/m0/s1. The number of nitrogens with two attached hydrogens (primary N) is 2. The maximum Gasteiger partial charge on any atom is 0.322 e. The van der Waals surface area contributed by atoms with Crippen LogP contribution in [-0.4, -0.2) is 165 Å². The van der Waals surface area contributed by atoms with Gasteiger partial charge in [0.15, 0.2) is 0 Å². The minimum absolute atomic E-state index is 0.0133. The van der Waals surface area contributed by atoms with Crippen molar-refractivity contribution in [2.75, 3.05) is 32.7 Å². The fourth-order valence-electron chi connectivity index (χ4n) is 7.67. The van der Waals surface area contributed by atoms with Crippen LogP contribution in [0.1, 0.15) is 84.1 Å². The van der Waals surface area contributed by atoms with Crippen LogP contribution in [0, 0.1) is 5.92 Å². The van der Waals surface area contributed by atoms with Crippen LogP contribution in [0.15, 0.2) is 30.3 Å². The van der Waals surface area contributed by atoms with Gasteiger partial charge in [-0.25, -0.2) is 0 Å². The minimum atomic E-state index is -1.78. The van der Waals surface area contributed by atoms with E-state index < -0.39 is 133 Å². The second-order valence-corrected chi connectivity index (χ2v) is 16.7. The Bertz CT molecular complexity index is 1890. The van der Waals surface area contributed by atoms with Gasteiger partial charge in [0.05, 0.1) is 19.1 Å². The van der Waals surface area contributed by atoms with Crippen LogP contribution in [0.3, 0.4) is 0 Å². The molecule has 23 heteroatoms. The quantitative estimate of drug-likeness (QED) is 0.0408. The van der Waals surface area contributed by atoms with Gasteiger partial charge in [-0.1, -0.05) is 50.6 Å². The van der Waals surface area contributed by atoms with Crippen LogP contribution in [0.2, 0.25) is 0 Å². The monoisotopic (exact) mass is 930 g/mol. The summed E-state index contributed by atoms with van der Waals surface area (Å²) in [6, 6.07) is -0.508. The lowest BCUT2D eigenvalue weighted by molar-refractivity contribution is -0.148. The number of aliphatic hydroxyl groups excluding tert-OH is 1. The number of likely N-dealkylation sites (tertiary alicyclic amines) is 2. The third kappa shape index (κ3) is 16.3. The number of hydrogen-bond acceptors (Lipinski definition) is 13. The molecule has 1 aromatic rings. The fourth-order valence-corrected chi connectivity index (χ4v) is 7.67. The Hall–Kier alpha value is -6.20. The van der Waals surface area contributed by atoms with Gasteiger partial charge < -0.3 is 68.5 Å². The largest absolute Gasteiger partial charge is 0.481 e. The van der Waals surface area contributed by atoms with Crippen LogP contribution >= 0.6 is 0 Å². The molecule has 366 valence electrons. The van der Waals surface area contributed by atoms with E-state index in [1.807, 2.05) is 0 Å². The van der Waals surface area contributed by atoms with Gasteiger partial charge in [0.25, 0.3) is 0 Å². The van der Waals surface area contributed by atoms with Gasteiger partial charge in [-0.15, -0.1) is 0 Å². The van der Waals surface area contributed by atoms with Gasteiger partial charge in [-0.2, -0.15) is 0 Å². The number of amides is 8. The van der Waals surface area contributed by atoms with E-state index in [9.17, 15) is 58.2 Å². The molecule has 2 aliphatic rings. The van der Waals surface area contributed by atoms with Crippen molar-refractivity contribution in [2.24, 2.45) is 17.4 Å². The summed E-state index contributed by atoms with van der Waals surface area (Å²) in [5.74, 6) is -9.48. The Morgan fingerprint density at radius 3 is 1.94 bits per heavy atom. The third-order valence-electron chi connectivity index (χ3n) is 11.6. The molecule has 2 saturated heterocycles. The number of carboxylic acid groups (broad SMARTS) is 2. The lowest BCUT2D eigenvalue weighted by Crippen LogP contribution is -2.61. The molecule has 0 bridgehead atoms. The predicted octanol–water partition coefficient (Wildman–Crippen LogP) is -3.17. The number of carbonyl (C=O) groups is 10. The molecule has 2 aliphatic heterocycles. The molecule has 0 aliphatic carbocycles. The molecule has 0 spiro atoms. The summed E-state index contributed by atoms with van der Waals surface area (Å²) in [6.07, 6.45) is 0.489. The van der Waals surface area contributed by atoms with Crippen molar-refractivity contribution in [3.63, 3.8) is 0 Å². The highest BCUT2D eigenvalue weighted by Crippen LogP contribution is 2.26. The number of carbonyl (C=O) groups excluding carboxylic acids is 8. The number of nitrogens with zero attached hydrogens (tertiary/aromatic N) is 2. The highest BCUT2D eigenvalue weighted by atomic mass is 16.4. The number of aliphatic hydroxyl groups is 1. The van der Waals surface area contributed by atoms with E-state index in [2.05, 4.69) is 31.9 Å². The average Bonchev–Trinajstić information content (AvgIpc) is 3.99. The molecule has 13 N–H and O–H groups in total. The first-order valence-electron chi connectivity index (χ1n) is 22.3. The summed E-state index contributed by atoms with van der Waals surface area (Å²) in [5.41, 5.74) is 12.2. The zero-order valence-corrected chi connectivity index (χ0v) is 37.7. The zero-order chi connectivity index (χ0) is 49.1. The second kappa shape index (κ2) is 26.7. The fraction of sp³-hybridized carbons (Fsp3) is 0.628. The van der Waals surface area contributed by atoms with Crippen molar-refractivity contribution in [3.05, 3.63) is 35.9 Å². The van der Waals surface area contributed by atoms with E-state index in [0.29, 0.717) is 44.1 Å². The number of rotatable bonds is 26. The van der Waals surface area contributed by atoms with Crippen molar-refractivity contribution in [2.45, 2.75) is 133 Å². The lowest BCUT2D eigenvalue weighted by Gasteiger charge is -2.33. The highest BCUT2D eigenvalue weighted by Gasteiger charge is 2.44. The summed E-state index contributed by atoms with van der Waals surface area (Å²) in [6.45, 7) is 4.22. The summed E-state index contributed by atoms with van der Waals surface area (Å²) in [7, 11) is 0. The number of aliphatic carboxylic acids is 2. The topological polar surface area (TPSA) is 362 Å². The lowest BCUT2D eigenvalue weighted by atomic mass is 9.96. The van der Waals surface area contributed by atoms with E-state index in [-0.39, 0.29) is 38.9 Å². The first-order chi connectivity index (χ1) is 31.3. The second-order valence-electron chi connectivity index (χ2n) is 16.7. The van der Waals surface area contributed by atoms with Gasteiger partial charge in [0.1, 0.15) is 48.8 Å². The summed E-state index contributed by atoms with van der Waals surface area (Å²) in [4.78, 5) is 134. The number of hydrogen-bond donors (Lipinski definition) is 11. The van der Waals surface area contributed by atoms with E-state index in [0.717, 1.165) is 0 Å². The average molecular weight is 931 g/mol. The number of carboxylic acids is 2. The van der Waals surface area contributed by atoms with Crippen LogP contribution in [-0.2, 0) is 54.4 Å². The Labute approximate surface area is 382 Å². The normalized spacial score (nSPS) is 18.9. The molecule has 23 nitrogen and oxygen atoms in total. The molecule has 3 rings (SSSR count). The number of nitrogens with one attached hydrogen (secondary N) is 6. The molecule has 0 unspecified atom stereocenters. The first kappa shape index (κ1) is 54.1. The van der Waals surface area contributed by atoms with Crippen LogP contribution in [0.25, 0.3) is 0 Å². The third-order valence-corrected chi connectivity index (χ3v) is 11.6. The molecule has 0 saturated carbocycles. The van der Waals surface area contributed by atoms with Gasteiger partial charge in [0.2, 0.25) is 47.3 Å². The predicted molar refractivity (Wildman–Crippen MR) is 235 cm³/mol. The van der Waals surface area contributed by atoms with Gasteiger partial charge >= 0.3 is 11.9 Å². The van der Waals surface area contributed by atoms with Crippen LogP contribution in [0.4, 0.5) is 0 Å². The summed E-state index contributed by atoms with van der Waals surface area (Å²) < 4.78 is 0. The SMILES string of the molecule is CC[C@H](C)[C@H](NC(=O)[C@@H]1CCCN1C(=O)[C@@H]1CCCN1C(=O)[C@@H](N)[C@@H](C)O)C(=O)N[C@@H](CCCCN)C(=O)N[C@@H](CC(=O)O)C(=O)N[C@@H](Cc1ccccc1)C(=O)NCC(=O)NCC(=O)O. The first-order valence-corrected chi connectivity index (χ1v) is 22.3. The Morgan fingerprint density at radius 2 is 1.33 bits per heavy atom.